The quantitative estimate of drug-likeness (QED) is 0.831. The maximum atomic E-state index is 11.7. The Hall–Kier alpha value is -0.970. The lowest BCUT2D eigenvalue weighted by Crippen LogP contribution is -2.31. The van der Waals surface area contributed by atoms with Gasteiger partial charge in [0.2, 0.25) is 5.91 Å². The highest BCUT2D eigenvalue weighted by molar-refractivity contribution is 5.85. The second-order valence-electron chi connectivity index (χ2n) is 5.76. The van der Waals surface area contributed by atoms with Crippen LogP contribution < -0.4 is 16.0 Å². The van der Waals surface area contributed by atoms with Gasteiger partial charge in [-0.2, -0.15) is 0 Å². The molecule has 1 aliphatic rings. The van der Waals surface area contributed by atoms with E-state index in [1.807, 2.05) is 13.0 Å². The number of nitrogens with one attached hydrogen (secondary N) is 1. The van der Waals surface area contributed by atoms with E-state index in [-0.39, 0.29) is 36.8 Å². The fourth-order valence-electron chi connectivity index (χ4n) is 2.58. The Morgan fingerprint density at radius 1 is 1.36 bits per heavy atom. The number of carbonyl (C=O) groups is 1. The molecule has 1 fully saturated rings. The molecule has 0 aromatic heterocycles. The Bertz CT molecular complexity index is 429. The summed E-state index contributed by atoms with van der Waals surface area (Å²) in [6, 6.07) is 10.6. The zero-order valence-corrected chi connectivity index (χ0v) is 14.7. The lowest BCUT2D eigenvalue weighted by Gasteiger charge is -2.18. The highest BCUT2D eigenvalue weighted by Crippen LogP contribution is 2.22. The third-order valence-corrected chi connectivity index (χ3v) is 3.82. The monoisotopic (exact) mass is 347 g/mol. The van der Waals surface area contributed by atoms with Gasteiger partial charge in [0.15, 0.2) is 0 Å². The van der Waals surface area contributed by atoms with Crippen molar-refractivity contribution in [1.29, 1.82) is 0 Å². The lowest BCUT2D eigenvalue weighted by molar-refractivity contribution is -0.121. The van der Waals surface area contributed by atoms with E-state index < -0.39 is 0 Å². The second kappa shape index (κ2) is 10.7. The second-order valence-corrected chi connectivity index (χ2v) is 5.76. The first kappa shape index (κ1) is 21.0. The summed E-state index contributed by atoms with van der Waals surface area (Å²) in [6.45, 7) is 4.81. The number of halogens is 2. The molecule has 6 heteroatoms. The topological polar surface area (TPSA) is 58.4 Å². The summed E-state index contributed by atoms with van der Waals surface area (Å²) in [4.78, 5) is 14.1. The van der Waals surface area contributed by atoms with Crippen LogP contribution in [0.4, 0.5) is 5.69 Å². The van der Waals surface area contributed by atoms with E-state index in [0.29, 0.717) is 12.3 Å². The molecule has 0 saturated carbocycles. The molecule has 2 unspecified atom stereocenters. The molecular formula is C16H27Cl2N3O. The molecule has 1 aromatic rings. The van der Waals surface area contributed by atoms with Gasteiger partial charge in [0.25, 0.3) is 0 Å². The number of hydrogen-bond donors (Lipinski definition) is 2. The average molecular weight is 348 g/mol. The molecule has 2 rings (SSSR count). The van der Waals surface area contributed by atoms with Crippen LogP contribution in [0.5, 0.6) is 0 Å². The molecule has 3 N–H and O–H groups in total. The first-order valence-electron chi connectivity index (χ1n) is 7.47. The molecule has 1 aromatic carbocycles. The molecular weight excluding hydrogens is 321 g/mol. The zero-order valence-electron chi connectivity index (χ0n) is 13.0. The number of anilines is 1. The van der Waals surface area contributed by atoms with E-state index in [1.165, 1.54) is 5.69 Å². The van der Waals surface area contributed by atoms with Crippen molar-refractivity contribution in [2.75, 3.05) is 24.5 Å². The zero-order chi connectivity index (χ0) is 14.4. The van der Waals surface area contributed by atoms with Crippen LogP contribution in [0, 0.1) is 5.92 Å². The molecule has 1 heterocycles. The fourth-order valence-corrected chi connectivity index (χ4v) is 2.58. The first-order chi connectivity index (χ1) is 9.65. The van der Waals surface area contributed by atoms with Crippen molar-refractivity contribution in [3.8, 4) is 0 Å². The van der Waals surface area contributed by atoms with Crippen molar-refractivity contribution >= 4 is 36.4 Å². The van der Waals surface area contributed by atoms with E-state index in [4.69, 9.17) is 5.73 Å². The van der Waals surface area contributed by atoms with Gasteiger partial charge in [0.1, 0.15) is 0 Å². The summed E-state index contributed by atoms with van der Waals surface area (Å²) in [5.74, 6) is 0.676. The molecule has 1 amide bonds. The molecule has 1 aliphatic heterocycles. The number of nitrogens with zero attached hydrogens (tertiary/aromatic N) is 1. The standard InChI is InChI=1S/C16H25N3O.2ClH/c1-13(17)7-8-16(20)18-11-14-9-10-19(12-14)15-5-3-2-4-6-15;;/h2-6,13-14H,7-12,17H2,1H3,(H,18,20);2*1H. The van der Waals surface area contributed by atoms with Gasteiger partial charge in [-0.25, -0.2) is 0 Å². The normalized spacial score (nSPS) is 18.1. The van der Waals surface area contributed by atoms with E-state index in [1.54, 1.807) is 0 Å². The van der Waals surface area contributed by atoms with Gasteiger partial charge in [0, 0.05) is 37.8 Å². The largest absolute Gasteiger partial charge is 0.371 e. The predicted molar refractivity (Wildman–Crippen MR) is 97.2 cm³/mol. The van der Waals surface area contributed by atoms with Gasteiger partial charge in [0.05, 0.1) is 0 Å². The highest BCUT2D eigenvalue weighted by atomic mass is 35.5. The molecule has 1 saturated heterocycles. The molecule has 126 valence electrons. The van der Waals surface area contributed by atoms with Crippen LogP contribution in [0.25, 0.3) is 0 Å². The molecule has 0 spiro atoms. The minimum absolute atomic E-state index is 0. The van der Waals surface area contributed by atoms with Crippen molar-refractivity contribution in [2.24, 2.45) is 11.7 Å². The fraction of sp³-hybridized carbons (Fsp3) is 0.562. The van der Waals surface area contributed by atoms with Crippen LogP contribution in [-0.2, 0) is 4.79 Å². The Labute approximate surface area is 145 Å². The summed E-state index contributed by atoms with van der Waals surface area (Å²) in [7, 11) is 0. The van der Waals surface area contributed by atoms with Crippen LogP contribution in [0.1, 0.15) is 26.2 Å². The summed E-state index contributed by atoms with van der Waals surface area (Å²) in [5, 5.41) is 3.03. The molecule has 0 bridgehead atoms. The number of hydrogen-bond acceptors (Lipinski definition) is 3. The van der Waals surface area contributed by atoms with Gasteiger partial charge in [-0.3, -0.25) is 4.79 Å². The Kier molecular flexibility index (Phi) is 10.2. The van der Waals surface area contributed by atoms with Gasteiger partial charge in [-0.15, -0.1) is 24.8 Å². The Morgan fingerprint density at radius 3 is 2.68 bits per heavy atom. The minimum Gasteiger partial charge on any atom is -0.371 e. The third kappa shape index (κ3) is 6.86. The van der Waals surface area contributed by atoms with E-state index in [9.17, 15) is 4.79 Å². The number of rotatable bonds is 6. The third-order valence-electron chi connectivity index (χ3n) is 3.82. The van der Waals surface area contributed by atoms with Crippen LogP contribution >= 0.6 is 24.8 Å². The van der Waals surface area contributed by atoms with Gasteiger partial charge in [-0.1, -0.05) is 18.2 Å². The van der Waals surface area contributed by atoms with Crippen LogP contribution in [-0.4, -0.2) is 31.6 Å². The number of para-hydroxylation sites is 1. The summed E-state index contributed by atoms with van der Waals surface area (Å²) >= 11 is 0. The maximum Gasteiger partial charge on any atom is 0.220 e. The molecule has 22 heavy (non-hydrogen) atoms. The van der Waals surface area contributed by atoms with Crippen LogP contribution in [0.2, 0.25) is 0 Å². The number of amides is 1. The van der Waals surface area contributed by atoms with Crippen molar-refractivity contribution in [2.45, 2.75) is 32.2 Å². The van der Waals surface area contributed by atoms with E-state index in [0.717, 1.165) is 32.5 Å². The van der Waals surface area contributed by atoms with Crippen LogP contribution in [0.15, 0.2) is 30.3 Å². The van der Waals surface area contributed by atoms with E-state index in [2.05, 4.69) is 34.5 Å². The number of carbonyl (C=O) groups excluding carboxylic acids is 1. The summed E-state index contributed by atoms with van der Waals surface area (Å²) in [6.07, 6.45) is 2.43. The molecule has 4 nitrogen and oxygen atoms in total. The smallest absolute Gasteiger partial charge is 0.220 e. The highest BCUT2D eigenvalue weighted by Gasteiger charge is 2.22. The Morgan fingerprint density at radius 2 is 2.05 bits per heavy atom. The van der Waals surface area contributed by atoms with Gasteiger partial charge in [-0.05, 0) is 37.8 Å². The predicted octanol–water partition coefficient (Wildman–Crippen LogP) is 2.60. The molecule has 0 aliphatic carbocycles. The minimum atomic E-state index is 0. The van der Waals surface area contributed by atoms with Gasteiger partial charge >= 0.3 is 0 Å². The Balaban J connectivity index is 0.00000220. The maximum absolute atomic E-state index is 11.7. The van der Waals surface area contributed by atoms with Crippen molar-refractivity contribution in [3.05, 3.63) is 30.3 Å². The summed E-state index contributed by atoms with van der Waals surface area (Å²) < 4.78 is 0. The van der Waals surface area contributed by atoms with Crippen molar-refractivity contribution < 1.29 is 4.79 Å². The molecule has 2 atom stereocenters. The lowest BCUT2D eigenvalue weighted by atomic mass is 10.1. The van der Waals surface area contributed by atoms with E-state index >= 15 is 0 Å². The van der Waals surface area contributed by atoms with Gasteiger partial charge < -0.3 is 16.0 Å². The van der Waals surface area contributed by atoms with Crippen molar-refractivity contribution in [3.63, 3.8) is 0 Å². The number of nitrogens with two attached hydrogens (primary N) is 1. The first-order valence-corrected chi connectivity index (χ1v) is 7.47. The SMILES string of the molecule is CC(N)CCC(=O)NCC1CCN(c2ccccc2)C1.Cl.Cl. The average Bonchev–Trinajstić information content (AvgIpc) is 2.93. The van der Waals surface area contributed by atoms with Crippen LogP contribution in [0.3, 0.4) is 0 Å². The summed E-state index contributed by atoms with van der Waals surface area (Å²) in [5.41, 5.74) is 6.93. The number of benzene rings is 1. The van der Waals surface area contributed by atoms with Crippen molar-refractivity contribution in [1.82, 2.24) is 5.32 Å². The molecule has 0 radical (unpaired) electrons.